The summed E-state index contributed by atoms with van der Waals surface area (Å²) in [5.74, 6) is -2.89. The third-order valence-corrected chi connectivity index (χ3v) is 19.5. The smallest absolute Gasteiger partial charge is 0.393 e. The van der Waals surface area contributed by atoms with Gasteiger partial charge in [0.25, 0.3) is 0 Å². The molecule has 0 radical (unpaired) electrons. The van der Waals surface area contributed by atoms with E-state index in [-0.39, 0.29) is 70.4 Å². The second kappa shape index (κ2) is 29.1. The number of rotatable bonds is 31. The van der Waals surface area contributed by atoms with Gasteiger partial charge in [0.15, 0.2) is 45.9 Å². The standard InChI is InChI=1S/C67H77Cl2FN11O12P/c1-6-7-8-9-10-11-12-13-14-15-16-17-30-83-36-46(84-35-45-25-24-42(34-71)31-47(45)70)37-85-94(82,92-52-22-18-20-43(54(52)68)32-66(38-72)60-58(86-64(2,3)90-60)56(88-66)48-26-28-50-62(74)76-40-78-80(48)50)93-53-23-19-21-44(55(53)69)33-67(39-73)61-59(87-65(4,5)91-61)57(89-67)49-27-29-51-63(75)77-41-79-81(49)51/h18-29,31,40-41,46,56-61H,6-17,30,32-33,35-37H2,1-5H3,(H2,74,76,78)(H2,75,77,79)/t46-,56+,57+,58?,59?,60?,61?,66-,67-,94?/m1/s1. The Morgan fingerprint density at radius 3 is 1.60 bits per heavy atom. The lowest BCUT2D eigenvalue weighted by Gasteiger charge is -2.30. The predicted molar refractivity (Wildman–Crippen MR) is 344 cm³/mol. The van der Waals surface area contributed by atoms with Gasteiger partial charge in [-0.15, -0.1) is 0 Å². The molecule has 23 nitrogen and oxygen atoms in total. The molecule has 498 valence electrons. The first-order chi connectivity index (χ1) is 45.2. The zero-order valence-corrected chi connectivity index (χ0v) is 55.5. The highest BCUT2D eigenvalue weighted by Crippen LogP contribution is 2.57. The molecule has 4 saturated heterocycles. The summed E-state index contributed by atoms with van der Waals surface area (Å²) < 4.78 is 105. The molecule has 9 atom stereocenters. The first kappa shape index (κ1) is 68.3. The number of nitrogens with two attached hydrogens (primary N) is 2. The van der Waals surface area contributed by atoms with E-state index in [2.05, 4.69) is 39.2 Å². The second-order valence-electron chi connectivity index (χ2n) is 25.1. The Kier molecular flexibility index (Phi) is 21.2. The fraction of sp³-hybridized carbons (Fsp3) is 0.507. The van der Waals surface area contributed by atoms with Gasteiger partial charge in [0.05, 0.1) is 52.9 Å². The van der Waals surface area contributed by atoms with Crippen LogP contribution < -0.4 is 20.5 Å². The van der Waals surface area contributed by atoms with E-state index < -0.39 is 85.8 Å². The fourth-order valence-electron chi connectivity index (χ4n) is 12.8. The Hall–Kier alpha value is -7.05. The first-order valence-corrected chi connectivity index (χ1v) is 34.1. The molecule has 0 amide bonds. The molecular weight excluding hydrogens is 1270 g/mol. The molecular formula is C67H77Cl2FN11O12P. The molecule has 4 fully saturated rings. The lowest BCUT2D eigenvalue weighted by molar-refractivity contribution is -0.200. The molecule has 4 unspecified atom stereocenters. The topological polar surface area (TPSA) is 302 Å². The zero-order valence-electron chi connectivity index (χ0n) is 53.1. The van der Waals surface area contributed by atoms with E-state index in [9.17, 15) is 15.8 Å². The van der Waals surface area contributed by atoms with Crippen molar-refractivity contribution >= 4 is 53.7 Å². The summed E-state index contributed by atoms with van der Waals surface area (Å²) in [5.41, 5.74) is 11.9. The second-order valence-corrected chi connectivity index (χ2v) is 27.3. The number of phosphoric ester groups is 1. The summed E-state index contributed by atoms with van der Waals surface area (Å²) in [6.45, 7) is 8.64. The van der Waals surface area contributed by atoms with Gasteiger partial charge in [0.1, 0.15) is 84.4 Å². The van der Waals surface area contributed by atoms with Crippen molar-refractivity contribution in [2.75, 3.05) is 31.3 Å². The van der Waals surface area contributed by atoms with Gasteiger partial charge >= 0.3 is 7.82 Å². The minimum absolute atomic E-state index is 0.0922. The van der Waals surface area contributed by atoms with Crippen molar-refractivity contribution in [3.05, 3.63) is 141 Å². The average Bonchev–Trinajstić information content (AvgIpc) is 1.57. The maximum atomic E-state index is 15.9. The van der Waals surface area contributed by atoms with Gasteiger partial charge < -0.3 is 58.4 Å². The summed E-state index contributed by atoms with van der Waals surface area (Å²) in [5, 5.41) is 40.6. The molecule has 4 aromatic heterocycles. The summed E-state index contributed by atoms with van der Waals surface area (Å²) in [6.07, 6.45) is 9.79. The average molecular weight is 1350 g/mol. The maximum Gasteiger partial charge on any atom is 0.587 e. The molecule has 8 heterocycles. The van der Waals surface area contributed by atoms with Crippen LogP contribution >= 0.6 is 31.0 Å². The molecule has 4 N–H and O–H groups in total. The summed E-state index contributed by atoms with van der Waals surface area (Å²) in [7, 11) is -5.08. The summed E-state index contributed by atoms with van der Waals surface area (Å²) >= 11 is 14.7. The Bertz CT molecular complexity index is 3830. The molecule has 0 spiro atoms. The minimum atomic E-state index is -5.08. The van der Waals surface area contributed by atoms with Gasteiger partial charge in [0.2, 0.25) is 0 Å². The van der Waals surface area contributed by atoms with E-state index in [4.69, 9.17) is 86.1 Å². The van der Waals surface area contributed by atoms with Crippen LogP contribution in [0, 0.1) is 39.8 Å². The van der Waals surface area contributed by atoms with Crippen LogP contribution in [0.2, 0.25) is 10.0 Å². The molecule has 27 heteroatoms. The number of unbranched alkanes of at least 4 members (excludes halogenated alkanes) is 11. The van der Waals surface area contributed by atoms with E-state index in [1.165, 1.54) is 88.3 Å². The van der Waals surface area contributed by atoms with Gasteiger partial charge in [0, 0.05) is 25.0 Å². The van der Waals surface area contributed by atoms with E-state index in [0.717, 1.165) is 31.7 Å². The van der Waals surface area contributed by atoms with Crippen LogP contribution in [0.1, 0.15) is 158 Å². The van der Waals surface area contributed by atoms with Crippen molar-refractivity contribution in [3.8, 4) is 29.7 Å². The predicted octanol–water partition coefficient (Wildman–Crippen LogP) is 13.3. The summed E-state index contributed by atoms with van der Waals surface area (Å²) in [4.78, 5) is 8.23. The minimum Gasteiger partial charge on any atom is -0.393 e. The van der Waals surface area contributed by atoms with Crippen molar-refractivity contribution in [1.29, 1.82) is 15.8 Å². The van der Waals surface area contributed by atoms with Crippen molar-refractivity contribution in [1.82, 2.24) is 29.2 Å². The van der Waals surface area contributed by atoms with Crippen LogP contribution in [0.5, 0.6) is 11.5 Å². The first-order valence-electron chi connectivity index (χ1n) is 31.8. The van der Waals surface area contributed by atoms with Crippen molar-refractivity contribution in [3.63, 3.8) is 0 Å². The van der Waals surface area contributed by atoms with Crippen LogP contribution in [-0.2, 0) is 66.4 Å². The van der Waals surface area contributed by atoms with E-state index in [1.54, 1.807) is 85.3 Å². The SMILES string of the molecule is CCCCCCCCCCCCCCOC[C@H](COP(=O)(Oc1cccc(C[C@]2(C#N)O[C@@H](c3ccc4c(N)ncnn34)C3OC(C)(C)OC32)c1Cl)Oc1cccc(C[C@]2(C#N)O[C@@H](c3ccc4c(N)ncnn34)C3OC(C)(C)OC32)c1Cl)OCc1ccc(C#N)cc1F. The lowest BCUT2D eigenvalue weighted by atomic mass is 9.88. The highest BCUT2D eigenvalue weighted by atomic mass is 35.5. The van der Waals surface area contributed by atoms with Crippen LogP contribution in [0.15, 0.2) is 91.5 Å². The number of nitriles is 3. The molecule has 3 aromatic carbocycles. The van der Waals surface area contributed by atoms with Gasteiger partial charge in [-0.25, -0.2) is 28.0 Å². The summed E-state index contributed by atoms with van der Waals surface area (Å²) in [6, 6.07) is 27.1. The van der Waals surface area contributed by atoms with Crippen LogP contribution in [0.3, 0.4) is 0 Å². The number of hydrogen-bond acceptors (Lipinski definition) is 21. The number of hydrogen-bond donors (Lipinski definition) is 2. The Labute approximate surface area is 555 Å². The number of nitrogen functional groups attached to an aromatic ring is 2. The highest BCUT2D eigenvalue weighted by Gasteiger charge is 2.66. The van der Waals surface area contributed by atoms with Crippen molar-refractivity contribution < 1.29 is 60.4 Å². The van der Waals surface area contributed by atoms with Gasteiger partial charge in [-0.1, -0.05) is 131 Å². The van der Waals surface area contributed by atoms with Crippen LogP contribution in [0.4, 0.5) is 16.0 Å². The third-order valence-electron chi connectivity index (χ3n) is 17.4. The zero-order chi connectivity index (χ0) is 66.4. The highest BCUT2D eigenvalue weighted by molar-refractivity contribution is 7.49. The maximum absolute atomic E-state index is 15.9. The van der Waals surface area contributed by atoms with Crippen LogP contribution in [-0.4, -0.2) is 102 Å². The number of benzene rings is 3. The molecule has 0 bridgehead atoms. The molecule has 11 rings (SSSR count). The fourth-order valence-corrected chi connectivity index (χ4v) is 14.6. The number of fused-ring (bicyclic) bond motifs is 4. The molecule has 4 aliphatic rings. The number of anilines is 2. The Balaban J connectivity index is 0.875. The molecule has 94 heavy (non-hydrogen) atoms. The monoisotopic (exact) mass is 1350 g/mol. The number of halogens is 3. The van der Waals surface area contributed by atoms with Crippen molar-refractivity contribution in [2.24, 2.45) is 0 Å². The number of phosphoric acid groups is 1. The van der Waals surface area contributed by atoms with Crippen molar-refractivity contribution in [2.45, 2.75) is 197 Å². The number of ether oxygens (including phenoxy) is 8. The molecule has 7 aromatic rings. The molecule has 4 aliphatic heterocycles. The molecule has 0 aliphatic carbocycles. The van der Waals surface area contributed by atoms with Gasteiger partial charge in [-0.05, 0) is 93.8 Å². The Morgan fingerprint density at radius 2 is 1.13 bits per heavy atom. The van der Waals surface area contributed by atoms with E-state index in [0.29, 0.717) is 40.2 Å². The lowest BCUT2D eigenvalue weighted by Crippen LogP contribution is -2.44. The largest absolute Gasteiger partial charge is 0.587 e. The third kappa shape index (κ3) is 14.8. The quantitative estimate of drug-likeness (QED) is 0.0301. The molecule has 0 saturated carbocycles. The normalized spacial score (nSPS) is 24.4. The van der Waals surface area contributed by atoms with E-state index >= 15 is 8.96 Å². The van der Waals surface area contributed by atoms with Crippen LogP contribution in [0.25, 0.3) is 11.0 Å². The Morgan fingerprint density at radius 1 is 0.638 bits per heavy atom. The van der Waals surface area contributed by atoms with Gasteiger partial charge in [-0.3, -0.25) is 4.52 Å². The number of aromatic nitrogens is 6. The number of nitrogens with zero attached hydrogens (tertiary/aromatic N) is 9. The van der Waals surface area contributed by atoms with E-state index in [1.807, 2.05) is 6.07 Å². The van der Waals surface area contributed by atoms with Gasteiger partial charge in [-0.2, -0.15) is 26.0 Å².